The number of pyridine rings is 1. The molecule has 4 rings (SSSR count). The Kier molecular flexibility index (Phi) is 7.13. The van der Waals surface area contributed by atoms with Crippen LogP contribution in [0.2, 0.25) is 0 Å². The second-order valence-electron chi connectivity index (χ2n) is 7.85. The van der Waals surface area contributed by atoms with E-state index in [0.717, 1.165) is 29.7 Å². The summed E-state index contributed by atoms with van der Waals surface area (Å²) in [5.74, 6) is 1.25. The fraction of sp³-hybridized carbons (Fsp3) is 0.185. The number of aryl methyl sites for hydroxylation is 2. The topological polar surface area (TPSA) is 89.0 Å². The number of hydrogen-bond donors (Lipinski definition) is 2. The van der Waals surface area contributed by atoms with Crippen molar-refractivity contribution in [1.82, 2.24) is 15.0 Å². The first-order valence-electron chi connectivity index (χ1n) is 11.2. The van der Waals surface area contributed by atoms with Crippen molar-refractivity contribution in [3.63, 3.8) is 0 Å². The van der Waals surface area contributed by atoms with Crippen LogP contribution >= 0.6 is 0 Å². The predicted molar refractivity (Wildman–Crippen MR) is 134 cm³/mol. The summed E-state index contributed by atoms with van der Waals surface area (Å²) < 4.78 is 6.18. The maximum absolute atomic E-state index is 12.9. The van der Waals surface area contributed by atoms with Gasteiger partial charge in [0.05, 0.1) is 11.3 Å². The zero-order valence-electron chi connectivity index (χ0n) is 19.5. The maximum atomic E-state index is 12.9. The summed E-state index contributed by atoms with van der Waals surface area (Å²) in [5.41, 5.74) is 4.79. The van der Waals surface area contributed by atoms with Crippen molar-refractivity contribution >= 4 is 17.5 Å². The molecular weight excluding hydrogens is 426 g/mol. The molecule has 7 nitrogen and oxygen atoms in total. The van der Waals surface area contributed by atoms with Gasteiger partial charge in [-0.15, -0.1) is 0 Å². The molecule has 0 atom stereocenters. The van der Waals surface area contributed by atoms with Crippen LogP contribution in [0, 0.1) is 6.92 Å². The highest BCUT2D eigenvalue weighted by Gasteiger charge is 2.14. The standard InChI is InChI=1S/C27H27N5O2/c1-4-6-19-9-12-21(13-10-19)31-25(33)20-11-8-18(2)24(17-20)34-26-22(7-5-15-29-26)23-14-16-30-27(28-3)32-23/h5,7-17H,4,6H2,1-3H3,(H,31,33)(H,28,30,32). The molecule has 0 spiro atoms. The first-order chi connectivity index (χ1) is 16.6. The number of aromatic nitrogens is 3. The number of nitrogens with one attached hydrogen (secondary N) is 2. The molecule has 34 heavy (non-hydrogen) atoms. The molecule has 0 bridgehead atoms. The Morgan fingerprint density at radius 2 is 1.82 bits per heavy atom. The minimum atomic E-state index is -0.205. The summed E-state index contributed by atoms with van der Waals surface area (Å²) in [6.45, 7) is 4.07. The lowest BCUT2D eigenvalue weighted by atomic mass is 10.1. The molecule has 0 aliphatic rings. The number of carbonyl (C=O) groups excluding carboxylic acids is 1. The molecule has 0 saturated heterocycles. The normalized spacial score (nSPS) is 10.6. The van der Waals surface area contributed by atoms with E-state index in [1.165, 1.54) is 5.56 Å². The molecule has 0 aliphatic heterocycles. The van der Waals surface area contributed by atoms with Crippen LogP contribution in [0.4, 0.5) is 11.6 Å². The molecule has 2 heterocycles. The van der Waals surface area contributed by atoms with Crippen LogP contribution in [0.1, 0.15) is 34.8 Å². The minimum Gasteiger partial charge on any atom is -0.438 e. The van der Waals surface area contributed by atoms with E-state index in [4.69, 9.17) is 4.74 Å². The van der Waals surface area contributed by atoms with Crippen molar-refractivity contribution in [3.05, 3.63) is 89.7 Å². The van der Waals surface area contributed by atoms with Gasteiger partial charge in [-0.05, 0) is 66.9 Å². The zero-order chi connectivity index (χ0) is 23.9. The number of hydrogen-bond acceptors (Lipinski definition) is 6. The van der Waals surface area contributed by atoms with Crippen LogP contribution in [0.15, 0.2) is 73.1 Å². The molecule has 7 heteroatoms. The van der Waals surface area contributed by atoms with Gasteiger partial charge in [-0.2, -0.15) is 0 Å². The maximum Gasteiger partial charge on any atom is 0.255 e. The minimum absolute atomic E-state index is 0.205. The molecule has 2 aromatic heterocycles. The van der Waals surface area contributed by atoms with Gasteiger partial charge in [-0.25, -0.2) is 15.0 Å². The van der Waals surface area contributed by atoms with E-state index in [-0.39, 0.29) is 5.91 Å². The molecule has 2 N–H and O–H groups in total. The number of rotatable bonds is 8. The van der Waals surface area contributed by atoms with E-state index >= 15 is 0 Å². The SMILES string of the molecule is CCCc1ccc(NC(=O)c2ccc(C)c(Oc3ncccc3-c3ccnc(NC)n3)c2)cc1. The van der Waals surface area contributed by atoms with Gasteiger partial charge in [0.2, 0.25) is 11.8 Å². The van der Waals surface area contributed by atoms with E-state index in [2.05, 4.69) is 32.5 Å². The third kappa shape index (κ3) is 5.38. The Morgan fingerprint density at radius 1 is 1.00 bits per heavy atom. The molecule has 0 fully saturated rings. The lowest BCUT2D eigenvalue weighted by Gasteiger charge is -2.13. The zero-order valence-corrected chi connectivity index (χ0v) is 19.5. The fourth-order valence-electron chi connectivity index (χ4n) is 3.50. The Bertz CT molecular complexity index is 1290. The summed E-state index contributed by atoms with van der Waals surface area (Å²) >= 11 is 0. The Hall–Kier alpha value is -4.26. The van der Waals surface area contributed by atoms with E-state index < -0.39 is 0 Å². The van der Waals surface area contributed by atoms with Gasteiger partial charge in [-0.3, -0.25) is 4.79 Å². The predicted octanol–water partition coefficient (Wildman–Crippen LogP) is 5.89. The van der Waals surface area contributed by atoms with Gasteiger partial charge in [-0.1, -0.05) is 31.5 Å². The Balaban J connectivity index is 1.57. The van der Waals surface area contributed by atoms with Gasteiger partial charge < -0.3 is 15.4 Å². The van der Waals surface area contributed by atoms with E-state index in [0.29, 0.717) is 28.8 Å². The number of nitrogens with zero attached hydrogens (tertiary/aromatic N) is 3. The number of amides is 1. The summed E-state index contributed by atoms with van der Waals surface area (Å²) in [4.78, 5) is 26.0. The highest BCUT2D eigenvalue weighted by Crippen LogP contribution is 2.32. The molecule has 1 amide bonds. The van der Waals surface area contributed by atoms with Gasteiger partial charge in [0.15, 0.2) is 0 Å². The van der Waals surface area contributed by atoms with Crippen molar-refractivity contribution in [2.75, 3.05) is 17.7 Å². The highest BCUT2D eigenvalue weighted by molar-refractivity contribution is 6.04. The average molecular weight is 454 g/mol. The Labute approximate surface area is 199 Å². The van der Waals surface area contributed by atoms with Crippen LogP contribution in [0.3, 0.4) is 0 Å². The first kappa shape index (κ1) is 22.9. The Morgan fingerprint density at radius 3 is 2.59 bits per heavy atom. The summed E-state index contributed by atoms with van der Waals surface area (Å²) in [6.07, 6.45) is 5.44. The second-order valence-corrected chi connectivity index (χ2v) is 7.85. The number of benzene rings is 2. The van der Waals surface area contributed by atoms with Crippen LogP contribution in [-0.4, -0.2) is 27.9 Å². The molecule has 0 saturated carbocycles. The summed E-state index contributed by atoms with van der Waals surface area (Å²) in [5, 5.41) is 5.89. The van der Waals surface area contributed by atoms with Gasteiger partial charge in [0, 0.05) is 30.7 Å². The van der Waals surface area contributed by atoms with Crippen LogP contribution in [0.5, 0.6) is 11.6 Å². The van der Waals surface area contributed by atoms with E-state index in [9.17, 15) is 4.79 Å². The number of carbonyl (C=O) groups is 1. The number of anilines is 2. The fourth-order valence-corrected chi connectivity index (χ4v) is 3.50. The summed E-state index contributed by atoms with van der Waals surface area (Å²) in [7, 11) is 1.76. The van der Waals surface area contributed by atoms with E-state index in [1.807, 2.05) is 49.4 Å². The van der Waals surface area contributed by atoms with Crippen molar-refractivity contribution < 1.29 is 9.53 Å². The van der Waals surface area contributed by atoms with Gasteiger partial charge >= 0.3 is 0 Å². The third-order valence-corrected chi connectivity index (χ3v) is 5.33. The molecular formula is C27H27N5O2. The second kappa shape index (κ2) is 10.6. The van der Waals surface area contributed by atoms with Gasteiger partial charge in [0.1, 0.15) is 5.75 Å². The third-order valence-electron chi connectivity index (χ3n) is 5.33. The van der Waals surface area contributed by atoms with Crippen LogP contribution in [0.25, 0.3) is 11.3 Å². The molecule has 0 radical (unpaired) electrons. The highest BCUT2D eigenvalue weighted by atomic mass is 16.5. The lowest BCUT2D eigenvalue weighted by Crippen LogP contribution is -2.12. The molecule has 0 unspecified atom stereocenters. The molecule has 2 aromatic carbocycles. The quantitative estimate of drug-likeness (QED) is 0.346. The smallest absolute Gasteiger partial charge is 0.255 e. The molecule has 4 aromatic rings. The van der Waals surface area contributed by atoms with Gasteiger partial charge in [0.25, 0.3) is 5.91 Å². The monoisotopic (exact) mass is 453 g/mol. The van der Waals surface area contributed by atoms with Crippen molar-refractivity contribution in [2.45, 2.75) is 26.7 Å². The summed E-state index contributed by atoms with van der Waals surface area (Å²) in [6, 6.07) is 18.8. The lowest BCUT2D eigenvalue weighted by molar-refractivity contribution is 0.102. The average Bonchev–Trinajstić information content (AvgIpc) is 2.87. The van der Waals surface area contributed by atoms with Crippen molar-refractivity contribution in [2.24, 2.45) is 0 Å². The van der Waals surface area contributed by atoms with E-state index in [1.54, 1.807) is 37.6 Å². The largest absolute Gasteiger partial charge is 0.438 e. The van der Waals surface area contributed by atoms with Crippen LogP contribution in [-0.2, 0) is 6.42 Å². The first-order valence-corrected chi connectivity index (χ1v) is 11.2. The van der Waals surface area contributed by atoms with Crippen LogP contribution < -0.4 is 15.4 Å². The van der Waals surface area contributed by atoms with Crippen molar-refractivity contribution in [3.8, 4) is 22.9 Å². The molecule has 0 aliphatic carbocycles. The van der Waals surface area contributed by atoms with Crippen molar-refractivity contribution in [1.29, 1.82) is 0 Å². The number of ether oxygens (including phenoxy) is 1. The molecule has 172 valence electrons.